The van der Waals surface area contributed by atoms with E-state index in [1.807, 2.05) is 0 Å². The van der Waals surface area contributed by atoms with E-state index in [1.165, 1.54) is 7.11 Å². The van der Waals surface area contributed by atoms with E-state index in [1.54, 1.807) is 0 Å². The summed E-state index contributed by atoms with van der Waals surface area (Å²) in [6, 6.07) is 0. The molecule has 2 rings (SSSR count). The summed E-state index contributed by atoms with van der Waals surface area (Å²) < 4.78 is 4.94. The monoisotopic (exact) mass is 192 g/mol. The van der Waals surface area contributed by atoms with Gasteiger partial charge in [0.1, 0.15) is 0 Å². The summed E-state index contributed by atoms with van der Waals surface area (Å²) in [5.74, 6) is 0.418. The third kappa shape index (κ3) is 1.29. The van der Waals surface area contributed by atoms with Crippen molar-refractivity contribution in [3.05, 3.63) is 24.3 Å². The second-order valence-corrected chi connectivity index (χ2v) is 4.17. The van der Waals surface area contributed by atoms with E-state index >= 15 is 0 Å². The second-order valence-electron chi connectivity index (χ2n) is 4.17. The average molecular weight is 192 g/mol. The van der Waals surface area contributed by atoms with E-state index < -0.39 is 0 Å². The van der Waals surface area contributed by atoms with Gasteiger partial charge < -0.3 is 4.74 Å². The molecule has 0 heterocycles. The Bertz CT molecular complexity index is 271. The Kier molecular flexibility index (Phi) is 2.44. The van der Waals surface area contributed by atoms with Gasteiger partial charge in [-0.2, -0.15) is 0 Å². The lowest BCUT2D eigenvalue weighted by atomic mass is 9.63. The molecule has 0 spiro atoms. The maximum atomic E-state index is 11.8. The average Bonchev–Trinajstić information content (AvgIpc) is 2.28. The van der Waals surface area contributed by atoms with Crippen molar-refractivity contribution in [1.29, 1.82) is 0 Å². The van der Waals surface area contributed by atoms with Gasteiger partial charge >= 0.3 is 5.97 Å². The van der Waals surface area contributed by atoms with Crippen molar-refractivity contribution in [2.24, 2.45) is 11.3 Å². The molecule has 0 atom stereocenters. The van der Waals surface area contributed by atoms with E-state index in [0.29, 0.717) is 5.92 Å². The van der Waals surface area contributed by atoms with Crippen molar-refractivity contribution < 1.29 is 9.53 Å². The van der Waals surface area contributed by atoms with Crippen LogP contribution in [0.2, 0.25) is 0 Å². The Morgan fingerprint density at radius 1 is 1.21 bits per heavy atom. The van der Waals surface area contributed by atoms with Crippen LogP contribution in [0.25, 0.3) is 0 Å². The molecule has 0 fully saturated rings. The third-order valence-electron chi connectivity index (χ3n) is 3.51. The van der Waals surface area contributed by atoms with Gasteiger partial charge in [-0.25, -0.2) is 0 Å². The largest absolute Gasteiger partial charge is 0.469 e. The first-order valence-electron chi connectivity index (χ1n) is 5.18. The Balaban J connectivity index is 2.31. The van der Waals surface area contributed by atoms with Crippen LogP contribution >= 0.6 is 0 Å². The number of fused-ring (bicyclic) bond motifs is 1. The van der Waals surface area contributed by atoms with Crippen LogP contribution in [0.5, 0.6) is 0 Å². The van der Waals surface area contributed by atoms with Gasteiger partial charge in [0.05, 0.1) is 12.5 Å². The molecule has 2 aliphatic rings. The number of ether oxygens (including phenoxy) is 1. The Hall–Kier alpha value is -1.05. The zero-order valence-corrected chi connectivity index (χ0v) is 8.53. The highest BCUT2D eigenvalue weighted by molar-refractivity contribution is 5.78. The second kappa shape index (κ2) is 3.60. The molecule has 2 heteroatoms. The highest BCUT2D eigenvalue weighted by Gasteiger charge is 2.46. The van der Waals surface area contributed by atoms with Gasteiger partial charge in [-0.3, -0.25) is 4.79 Å². The van der Waals surface area contributed by atoms with Crippen LogP contribution in [0.15, 0.2) is 24.3 Å². The number of hydrogen-bond donors (Lipinski definition) is 0. The van der Waals surface area contributed by atoms with Crippen molar-refractivity contribution in [3.8, 4) is 0 Å². The number of hydrogen-bond acceptors (Lipinski definition) is 2. The summed E-state index contributed by atoms with van der Waals surface area (Å²) in [5.41, 5.74) is -0.252. The predicted molar refractivity (Wildman–Crippen MR) is 54.7 cm³/mol. The molecule has 0 radical (unpaired) electrons. The maximum Gasteiger partial charge on any atom is 0.312 e. The van der Waals surface area contributed by atoms with Crippen molar-refractivity contribution in [1.82, 2.24) is 0 Å². The topological polar surface area (TPSA) is 26.3 Å². The SMILES string of the molecule is COC(=O)C12CC=CCC1CC=CC2. The summed E-state index contributed by atoms with van der Waals surface area (Å²) in [5, 5.41) is 0. The molecule has 0 aromatic rings. The molecule has 14 heavy (non-hydrogen) atoms. The molecular formula is C12H16O2. The summed E-state index contributed by atoms with van der Waals surface area (Å²) in [6.07, 6.45) is 12.3. The fourth-order valence-corrected chi connectivity index (χ4v) is 2.61. The minimum absolute atomic E-state index is 0.0313. The molecule has 0 amide bonds. The van der Waals surface area contributed by atoms with Crippen LogP contribution in [0.4, 0.5) is 0 Å². The summed E-state index contributed by atoms with van der Waals surface area (Å²) in [7, 11) is 1.49. The van der Waals surface area contributed by atoms with Gasteiger partial charge in [0.25, 0.3) is 0 Å². The molecule has 2 aliphatic carbocycles. The zero-order chi connectivity index (χ0) is 10.0. The number of methoxy groups -OCH3 is 1. The number of carbonyl (C=O) groups excluding carboxylic acids is 1. The van der Waals surface area contributed by atoms with E-state index in [0.717, 1.165) is 25.7 Å². The lowest BCUT2D eigenvalue weighted by molar-refractivity contribution is -0.157. The van der Waals surface area contributed by atoms with Crippen LogP contribution in [-0.4, -0.2) is 13.1 Å². The number of allylic oxidation sites excluding steroid dienone is 4. The van der Waals surface area contributed by atoms with Crippen LogP contribution in [0.1, 0.15) is 25.7 Å². The lowest BCUT2D eigenvalue weighted by Gasteiger charge is -2.40. The quantitative estimate of drug-likeness (QED) is 0.471. The van der Waals surface area contributed by atoms with Gasteiger partial charge in [0.2, 0.25) is 0 Å². The van der Waals surface area contributed by atoms with E-state index in [4.69, 9.17) is 4.74 Å². The molecule has 0 aliphatic heterocycles. The fraction of sp³-hybridized carbons (Fsp3) is 0.583. The Morgan fingerprint density at radius 2 is 1.79 bits per heavy atom. The Morgan fingerprint density at radius 3 is 2.29 bits per heavy atom. The number of esters is 1. The van der Waals surface area contributed by atoms with Gasteiger partial charge in [-0.1, -0.05) is 24.3 Å². The number of rotatable bonds is 1. The predicted octanol–water partition coefficient (Wildman–Crippen LogP) is 2.46. The lowest BCUT2D eigenvalue weighted by Crippen LogP contribution is -2.41. The van der Waals surface area contributed by atoms with Gasteiger partial charge in [0.15, 0.2) is 0 Å². The van der Waals surface area contributed by atoms with Crippen LogP contribution in [-0.2, 0) is 9.53 Å². The zero-order valence-electron chi connectivity index (χ0n) is 8.53. The van der Waals surface area contributed by atoms with Crippen molar-refractivity contribution in [3.63, 3.8) is 0 Å². The van der Waals surface area contributed by atoms with Crippen molar-refractivity contribution >= 4 is 5.97 Å². The first-order valence-corrected chi connectivity index (χ1v) is 5.18. The van der Waals surface area contributed by atoms with E-state index in [9.17, 15) is 4.79 Å². The standard InChI is InChI=1S/C12H16O2/c1-14-11(13)12-8-4-2-6-10(12)7-3-5-9-12/h2-5,10H,6-9H2,1H3. The third-order valence-corrected chi connectivity index (χ3v) is 3.51. The van der Waals surface area contributed by atoms with Gasteiger partial charge in [-0.15, -0.1) is 0 Å². The molecule has 0 bridgehead atoms. The highest BCUT2D eigenvalue weighted by atomic mass is 16.5. The normalized spacial score (nSPS) is 35.1. The molecule has 0 N–H and O–H groups in total. The van der Waals surface area contributed by atoms with Crippen LogP contribution in [0, 0.1) is 11.3 Å². The first kappa shape index (κ1) is 9.50. The molecule has 0 aromatic carbocycles. The van der Waals surface area contributed by atoms with E-state index in [2.05, 4.69) is 24.3 Å². The van der Waals surface area contributed by atoms with Crippen LogP contribution < -0.4 is 0 Å². The highest BCUT2D eigenvalue weighted by Crippen LogP contribution is 2.46. The molecule has 0 unspecified atom stereocenters. The molecule has 2 nitrogen and oxygen atoms in total. The smallest absolute Gasteiger partial charge is 0.312 e. The summed E-state index contributed by atoms with van der Waals surface area (Å²) in [4.78, 5) is 11.8. The summed E-state index contributed by atoms with van der Waals surface area (Å²) in [6.45, 7) is 0. The molecule has 0 saturated heterocycles. The molecular weight excluding hydrogens is 176 g/mol. The molecule has 0 aromatic heterocycles. The molecule has 0 saturated carbocycles. The van der Waals surface area contributed by atoms with Gasteiger partial charge in [0, 0.05) is 0 Å². The fourth-order valence-electron chi connectivity index (χ4n) is 2.61. The van der Waals surface area contributed by atoms with Gasteiger partial charge in [-0.05, 0) is 31.6 Å². The summed E-state index contributed by atoms with van der Waals surface area (Å²) >= 11 is 0. The van der Waals surface area contributed by atoms with E-state index in [-0.39, 0.29) is 11.4 Å². The number of carbonyl (C=O) groups is 1. The molecule has 76 valence electrons. The Labute approximate surface area is 84.6 Å². The van der Waals surface area contributed by atoms with Crippen molar-refractivity contribution in [2.75, 3.05) is 7.11 Å². The van der Waals surface area contributed by atoms with Crippen molar-refractivity contribution in [2.45, 2.75) is 25.7 Å². The first-order chi connectivity index (χ1) is 6.79. The minimum atomic E-state index is -0.252. The van der Waals surface area contributed by atoms with Crippen LogP contribution in [0.3, 0.4) is 0 Å². The minimum Gasteiger partial charge on any atom is -0.469 e. The maximum absolute atomic E-state index is 11.8.